The highest BCUT2D eigenvalue weighted by Gasteiger charge is 2.26. The van der Waals surface area contributed by atoms with Gasteiger partial charge in [-0.1, -0.05) is 0 Å². The molecule has 1 atom stereocenters. The summed E-state index contributed by atoms with van der Waals surface area (Å²) in [6, 6.07) is -0.370. The number of amides is 1. The lowest BCUT2D eigenvalue weighted by Crippen LogP contribution is -2.39. The second-order valence-corrected chi connectivity index (χ2v) is 1.99. The van der Waals surface area contributed by atoms with Crippen LogP contribution in [-0.4, -0.2) is 30.3 Å². The van der Waals surface area contributed by atoms with E-state index in [1.54, 1.807) is 0 Å². The van der Waals surface area contributed by atoms with E-state index in [1.807, 2.05) is 0 Å². The van der Waals surface area contributed by atoms with Crippen LogP contribution < -0.4 is 10.0 Å². The fourth-order valence-corrected chi connectivity index (χ4v) is 0.752. The predicted octanol–water partition coefficient (Wildman–Crippen LogP) is -1.50. The third-order valence-electron chi connectivity index (χ3n) is 1.22. The van der Waals surface area contributed by atoms with Gasteiger partial charge in [0.1, 0.15) is 17.3 Å². The number of rotatable bonds is 1. The molecule has 1 amide bonds. The molecule has 7 heteroatoms. The number of nitrogens with zero attached hydrogens (tertiary/aromatic N) is 3. The van der Waals surface area contributed by atoms with Crippen LogP contribution in [0.25, 0.3) is 0 Å². The zero-order valence-corrected chi connectivity index (χ0v) is 5.56. The van der Waals surface area contributed by atoms with Crippen LogP contribution in [0.4, 0.5) is 4.79 Å². The lowest BCUT2D eigenvalue weighted by molar-refractivity contribution is -0.294. The molecule has 1 aliphatic rings. The first-order chi connectivity index (χ1) is 5.24. The molecule has 7 nitrogen and oxygen atoms in total. The average molecular weight is 158 g/mol. The van der Waals surface area contributed by atoms with Crippen molar-refractivity contribution in [2.24, 2.45) is 5.11 Å². The van der Waals surface area contributed by atoms with Gasteiger partial charge in [-0.3, -0.25) is 4.84 Å². The third-order valence-corrected chi connectivity index (χ3v) is 1.22. The molecule has 1 rings (SSSR count). The molecule has 1 fully saturated rings. The van der Waals surface area contributed by atoms with Gasteiger partial charge in [0, 0.05) is 0 Å². The second-order valence-electron chi connectivity index (χ2n) is 1.99. The summed E-state index contributed by atoms with van der Waals surface area (Å²) in [7, 11) is 0. The highest BCUT2D eigenvalue weighted by atomic mass is 16.7. The van der Waals surface area contributed by atoms with E-state index >= 15 is 0 Å². The summed E-state index contributed by atoms with van der Waals surface area (Å²) < 4.78 is 0. The van der Waals surface area contributed by atoms with Crippen molar-refractivity contribution in [3.63, 3.8) is 0 Å². The Kier molecular flexibility index (Phi) is 2.15. The third kappa shape index (κ3) is 1.73. The Morgan fingerprint density at radius 1 is 1.91 bits per heavy atom. The van der Waals surface area contributed by atoms with Crippen molar-refractivity contribution in [3.8, 4) is 0 Å². The largest absolute Gasteiger partial charge is 0.528 e. The number of carboxylic acid groups (broad SMARTS) is 1. The van der Waals surface area contributed by atoms with E-state index in [1.165, 1.54) is 0 Å². The van der Waals surface area contributed by atoms with E-state index in [0.29, 0.717) is 5.06 Å². The van der Waals surface area contributed by atoms with E-state index in [0.717, 1.165) is 0 Å². The normalized spacial score (nSPS) is 22.9. The molecule has 1 saturated heterocycles. The van der Waals surface area contributed by atoms with Crippen molar-refractivity contribution >= 4 is 6.09 Å². The molecule has 0 spiro atoms. The van der Waals surface area contributed by atoms with Gasteiger partial charge >= 0.3 is 0 Å². The van der Waals surface area contributed by atoms with Crippen LogP contribution in [0.1, 0.15) is 0 Å². The highest BCUT2D eigenvalue weighted by molar-refractivity contribution is 5.61. The number of nitrogens with one attached hydrogen (secondary N) is 1. The molecule has 0 saturated carbocycles. The monoisotopic (exact) mass is 158 g/mol. The van der Waals surface area contributed by atoms with E-state index in [-0.39, 0.29) is 19.2 Å². The summed E-state index contributed by atoms with van der Waals surface area (Å²) in [4.78, 5) is 17.5. The van der Waals surface area contributed by atoms with Gasteiger partial charge in [-0.25, -0.2) is 5.06 Å². The van der Waals surface area contributed by atoms with Gasteiger partial charge < -0.3 is 9.90 Å². The van der Waals surface area contributed by atoms with Crippen LogP contribution in [-0.2, 0) is 4.84 Å². The topological polar surface area (TPSA) is 103 Å². The Hall–Kier alpha value is -1.46. The summed E-state index contributed by atoms with van der Waals surface area (Å²) in [5.41, 5.74) is 6.36. The van der Waals surface area contributed by atoms with Gasteiger partial charge in [-0.05, 0) is 0 Å². The molecule has 1 N–H and O–H groups in total. The van der Waals surface area contributed by atoms with Gasteiger partial charge in [0.2, 0.25) is 4.91 Å². The molecule has 0 aromatic rings. The van der Waals surface area contributed by atoms with Crippen molar-refractivity contribution in [2.75, 3.05) is 13.2 Å². The molecule has 0 aromatic heterocycles. The van der Waals surface area contributed by atoms with Crippen molar-refractivity contribution in [3.05, 3.63) is 0 Å². The standard InChI is InChI=1S/C4H6N4O3/c5-7-6-3-1-8(4(9)10)11-2-3/h3,5H,1-2H2/t3-/m1/s1. The summed E-state index contributed by atoms with van der Waals surface area (Å²) in [5.74, 6) is 0. The van der Waals surface area contributed by atoms with E-state index in [9.17, 15) is 9.90 Å². The van der Waals surface area contributed by atoms with Crippen LogP contribution in [0, 0.1) is 5.53 Å². The lowest BCUT2D eigenvalue weighted by Gasteiger charge is -2.14. The van der Waals surface area contributed by atoms with Gasteiger partial charge in [-0.15, -0.1) is 0 Å². The Morgan fingerprint density at radius 3 is 3.09 bits per heavy atom. The Balaban J connectivity index is 2.46. The molecule has 0 unspecified atom stereocenters. The van der Waals surface area contributed by atoms with Crippen molar-refractivity contribution in [1.29, 1.82) is 5.53 Å². The molecule has 1 heterocycles. The maximum atomic E-state index is 10.1. The Morgan fingerprint density at radius 2 is 2.64 bits per heavy atom. The number of hydroxylamine groups is 2. The fraction of sp³-hybridized carbons (Fsp3) is 0.750. The molecule has 0 aliphatic carbocycles. The first-order valence-corrected chi connectivity index (χ1v) is 2.92. The second kappa shape index (κ2) is 3.09. The number of hydrogen-bond acceptors (Lipinski definition) is 5. The van der Waals surface area contributed by atoms with Gasteiger partial charge in [0.15, 0.2) is 12.1 Å². The van der Waals surface area contributed by atoms with Crippen LogP contribution >= 0.6 is 0 Å². The summed E-state index contributed by atoms with van der Waals surface area (Å²) in [5, 5.41) is 14.2. The Labute approximate surface area is 61.7 Å². The quantitative estimate of drug-likeness (QED) is 0.370. The van der Waals surface area contributed by atoms with Crippen LogP contribution in [0.15, 0.2) is 5.11 Å². The molecule has 60 valence electrons. The van der Waals surface area contributed by atoms with Crippen molar-refractivity contribution < 1.29 is 14.7 Å². The van der Waals surface area contributed by atoms with Crippen LogP contribution in [0.5, 0.6) is 0 Å². The number of hydrogen-bond donors (Lipinski definition) is 1. The van der Waals surface area contributed by atoms with Gasteiger partial charge in [0.25, 0.3) is 0 Å². The van der Waals surface area contributed by atoms with E-state index in [4.69, 9.17) is 5.53 Å². The van der Waals surface area contributed by atoms with Crippen molar-refractivity contribution in [1.82, 2.24) is 9.97 Å². The first kappa shape index (κ1) is 7.64. The minimum Gasteiger partial charge on any atom is -0.528 e. The highest BCUT2D eigenvalue weighted by Crippen LogP contribution is 2.06. The number of carbonyl (C=O) groups is 1. The van der Waals surface area contributed by atoms with Gasteiger partial charge in [-0.2, -0.15) is 0 Å². The molecule has 0 radical (unpaired) electrons. The molecular formula is C4H6N4O3. The number of carbonyl (C=O) groups excluding carboxylic acids is 1. The van der Waals surface area contributed by atoms with E-state index in [2.05, 4.69) is 14.9 Å². The van der Waals surface area contributed by atoms with Gasteiger partial charge in [0.05, 0.1) is 6.54 Å². The molecular weight excluding hydrogens is 152 g/mol. The molecule has 0 bridgehead atoms. The predicted molar refractivity (Wildman–Crippen MR) is 29.1 cm³/mol. The SMILES string of the molecule is N=[N+]=N[C@H]1CON(C(=O)[O-])C1. The smallest absolute Gasteiger partial charge is 0.214 e. The molecule has 11 heavy (non-hydrogen) atoms. The zero-order valence-electron chi connectivity index (χ0n) is 5.56. The first-order valence-electron chi connectivity index (χ1n) is 2.92. The lowest BCUT2D eigenvalue weighted by atomic mass is 10.3. The average Bonchev–Trinajstić information content (AvgIpc) is 2.37. The molecule has 1 aliphatic heterocycles. The van der Waals surface area contributed by atoms with Crippen LogP contribution in [0.3, 0.4) is 0 Å². The van der Waals surface area contributed by atoms with E-state index < -0.39 is 6.09 Å². The van der Waals surface area contributed by atoms with Crippen LogP contribution in [0.2, 0.25) is 0 Å². The summed E-state index contributed by atoms with van der Waals surface area (Å²) in [6.07, 6.45) is -1.40. The zero-order chi connectivity index (χ0) is 8.27. The maximum Gasteiger partial charge on any atom is 0.214 e. The fourth-order valence-electron chi connectivity index (χ4n) is 0.752. The Bertz CT molecular complexity index is 203. The minimum atomic E-state index is -1.40. The summed E-state index contributed by atoms with van der Waals surface area (Å²) in [6.45, 7) is 0.223. The minimum absolute atomic E-state index is 0.0880. The molecule has 0 aromatic carbocycles. The van der Waals surface area contributed by atoms with Crippen molar-refractivity contribution in [2.45, 2.75) is 6.04 Å². The summed E-state index contributed by atoms with van der Waals surface area (Å²) >= 11 is 0. The maximum absolute atomic E-state index is 10.1.